The van der Waals surface area contributed by atoms with Gasteiger partial charge in [-0.2, -0.15) is 10.5 Å². The number of ether oxygens (including phenoxy) is 2. The van der Waals surface area contributed by atoms with E-state index in [1.54, 1.807) is 19.2 Å². The molecular formula is C57H67ClN8O5. The summed E-state index contributed by atoms with van der Waals surface area (Å²) >= 11 is 0. The largest absolute Gasteiger partial charge is 0.478 e. The SMILES string of the molecule is C.Cc1cc(C)c(-c2ncc([C@@H]3CCCO3)[nH]2)cc1C(=O)N1CCC(c2ccc(C#N)cc2)CC1.Cc1cc(C)c(-c2ncc([C@@H]3CCCO3)[nH]2)cc1C(=O)O.Cl.N#Cc1ccc(C2CCNCC2)cc1. The summed E-state index contributed by atoms with van der Waals surface area (Å²) in [5.74, 6) is 1.76. The fourth-order valence-corrected chi connectivity index (χ4v) is 9.99. The molecule has 0 radical (unpaired) electrons. The van der Waals surface area contributed by atoms with Crippen LogP contribution in [-0.2, 0) is 9.47 Å². The molecule has 2 aromatic heterocycles. The lowest BCUT2D eigenvalue weighted by molar-refractivity contribution is 0.0692. The molecule has 0 unspecified atom stereocenters. The highest BCUT2D eigenvalue weighted by atomic mass is 35.5. The number of rotatable bonds is 8. The third kappa shape index (κ3) is 13.0. The maximum Gasteiger partial charge on any atom is 0.335 e. The number of aromatic carboxylic acids is 1. The van der Waals surface area contributed by atoms with Crippen LogP contribution in [0.3, 0.4) is 0 Å². The number of imidazole rings is 2. The fourth-order valence-electron chi connectivity index (χ4n) is 9.99. The second kappa shape index (κ2) is 25.0. The smallest absolute Gasteiger partial charge is 0.335 e. The van der Waals surface area contributed by atoms with Crippen molar-refractivity contribution in [2.24, 2.45) is 0 Å². The molecule has 0 aliphatic carbocycles. The van der Waals surface area contributed by atoms with Gasteiger partial charge in [-0.25, -0.2) is 14.8 Å². The Morgan fingerprint density at radius 3 is 1.49 bits per heavy atom. The Kier molecular flexibility index (Phi) is 18.9. The standard InChI is InChI=1S/C28H30N4O2.C16H18N2O3.C12H14N2.CH4.ClH/c1-18-14-19(2)24(15-23(18)27-30-17-25(31-27)26-4-3-13-34-26)28(33)32-11-9-22(10-12-32)21-7-5-20(16-29)6-8-21;1-9-6-10(2)12(16(19)20)7-11(9)15-17-8-13(18-15)14-4-3-5-21-14;13-9-10-1-3-11(4-2-10)12-5-7-14-8-6-12;;/h5-8,14-15,17,22,26H,3-4,9-13H2,1-2H3,(H,30,31);6-8,14H,3-5H2,1-2H3,(H,17,18)(H,19,20);1-4,12,14H,5-8H2;1H4;1H/t26-;14-;;;/m00.../s1. The number of benzene rings is 4. The number of carbonyl (C=O) groups excluding carboxylic acids is 1. The number of piperidine rings is 2. The molecule has 4 fully saturated rings. The van der Waals surface area contributed by atoms with Crippen LogP contribution in [0, 0.1) is 50.4 Å². The van der Waals surface area contributed by atoms with E-state index in [1.165, 1.54) is 24.0 Å². The summed E-state index contributed by atoms with van der Waals surface area (Å²) in [5, 5.41) is 30.3. The monoisotopic (exact) mass is 978 g/mol. The van der Waals surface area contributed by atoms with Gasteiger partial charge in [0.25, 0.3) is 5.91 Å². The van der Waals surface area contributed by atoms with E-state index in [0.29, 0.717) is 28.8 Å². The Labute approximate surface area is 424 Å². The fraction of sp³-hybridized carbons (Fsp3) is 0.404. The summed E-state index contributed by atoms with van der Waals surface area (Å²) in [7, 11) is 0. The van der Waals surface area contributed by atoms with Crippen LogP contribution in [0.2, 0.25) is 0 Å². The molecule has 13 nitrogen and oxygen atoms in total. The molecule has 14 heteroatoms. The Hall–Kier alpha value is -6.61. The first-order valence-corrected chi connectivity index (χ1v) is 24.3. The van der Waals surface area contributed by atoms with Gasteiger partial charge in [0.2, 0.25) is 0 Å². The van der Waals surface area contributed by atoms with Gasteiger partial charge in [-0.15, -0.1) is 12.4 Å². The van der Waals surface area contributed by atoms with E-state index < -0.39 is 5.97 Å². The highest BCUT2D eigenvalue weighted by molar-refractivity contribution is 5.97. The quantitative estimate of drug-likeness (QED) is 0.114. The van der Waals surface area contributed by atoms with Crippen LogP contribution in [0.5, 0.6) is 0 Å². The van der Waals surface area contributed by atoms with Crippen LogP contribution in [0.1, 0.15) is 159 Å². The molecule has 0 bridgehead atoms. The lowest BCUT2D eigenvalue weighted by atomic mass is 9.88. The Balaban J connectivity index is 0.000000190. The Morgan fingerprint density at radius 1 is 0.634 bits per heavy atom. The predicted octanol–water partition coefficient (Wildman–Crippen LogP) is 11.8. The van der Waals surface area contributed by atoms with Gasteiger partial charge in [-0.1, -0.05) is 43.8 Å². The summed E-state index contributed by atoms with van der Waals surface area (Å²) in [5.41, 5.74) is 12.7. The zero-order valence-electron chi connectivity index (χ0n) is 40.5. The molecule has 0 spiro atoms. The molecule has 0 saturated carbocycles. The number of carbonyl (C=O) groups is 2. The van der Waals surface area contributed by atoms with Crippen LogP contribution in [-0.4, -0.2) is 81.2 Å². The third-order valence-corrected chi connectivity index (χ3v) is 14.0. The topological polar surface area (TPSA) is 193 Å². The second-order valence-electron chi connectivity index (χ2n) is 18.7. The molecule has 372 valence electrons. The normalized spacial score (nSPS) is 17.8. The first-order valence-electron chi connectivity index (χ1n) is 24.3. The highest BCUT2D eigenvalue weighted by Crippen LogP contribution is 2.34. The number of likely N-dealkylation sites (tertiary alicyclic amines) is 1. The van der Waals surface area contributed by atoms with Crippen molar-refractivity contribution in [3.05, 3.63) is 152 Å². The van der Waals surface area contributed by atoms with E-state index in [2.05, 4.69) is 62.5 Å². The minimum Gasteiger partial charge on any atom is -0.478 e. The molecule has 4 N–H and O–H groups in total. The number of aromatic nitrogens is 4. The van der Waals surface area contributed by atoms with Gasteiger partial charge in [0.05, 0.1) is 64.8 Å². The summed E-state index contributed by atoms with van der Waals surface area (Å²) in [6.07, 6.45) is 12.2. The number of aryl methyl sites for hydroxylation is 4. The van der Waals surface area contributed by atoms with Crippen molar-refractivity contribution in [2.75, 3.05) is 39.4 Å². The molecule has 4 saturated heterocycles. The number of H-pyrrole nitrogens is 2. The van der Waals surface area contributed by atoms with E-state index in [0.717, 1.165) is 140 Å². The minimum atomic E-state index is -0.917. The number of nitrogens with zero attached hydrogens (tertiary/aromatic N) is 5. The van der Waals surface area contributed by atoms with Gasteiger partial charge < -0.3 is 34.8 Å². The number of aromatic amines is 2. The molecule has 2 atom stereocenters. The molecular weight excluding hydrogens is 912 g/mol. The predicted molar refractivity (Wildman–Crippen MR) is 279 cm³/mol. The van der Waals surface area contributed by atoms with E-state index >= 15 is 0 Å². The number of amides is 1. The van der Waals surface area contributed by atoms with Gasteiger partial charge in [-0.05, 0) is 174 Å². The first-order chi connectivity index (χ1) is 33.5. The lowest BCUT2D eigenvalue weighted by Crippen LogP contribution is -2.38. The van der Waals surface area contributed by atoms with E-state index in [1.807, 2.05) is 73.5 Å². The van der Waals surface area contributed by atoms with Crippen molar-refractivity contribution < 1.29 is 24.2 Å². The van der Waals surface area contributed by atoms with Crippen LogP contribution < -0.4 is 5.32 Å². The summed E-state index contributed by atoms with van der Waals surface area (Å²) in [4.78, 5) is 42.5. The van der Waals surface area contributed by atoms with Crippen molar-refractivity contribution in [3.8, 4) is 34.9 Å². The second-order valence-corrected chi connectivity index (χ2v) is 18.7. The molecule has 4 aromatic carbocycles. The van der Waals surface area contributed by atoms with Crippen LogP contribution in [0.4, 0.5) is 0 Å². The summed E-state index contributed by atoms with van der Waals surface area (Å²) in [6.45, 7) is 13.1. The van der Waals surface area contributed by atoms with Crippen molar-refractivity contribution in [1.82, 2.24) is 30.2 Å². The van der Waals surface area contributed by atoms with Crippen molar-refractivity contribution in [2.45, 2.75) is 111 Å². The van der Waals surface area contributed by atoms with Crippen molar-refractivity contribution >= 4 is 24.3 Å². The third-order valence-electron chi connectivity index (χ3n) is 14.0. The van der Waals surface area contributed by atoms with Gasteiger partial charge >= 0.3 is 5.97 Å². The van der Waals surface area contributed by atoms with E-state index in [9.17, 15) is 14.7 Å². The number of nitrogens with one attached hydrogen (secondary N) is 3. The van der Waals surface area contributed by atoms with Crippen LogP contribution >= 0.6 is 12.4 Å². The maximum absolute atomic E-state index is 13.5. The van der Waals surface area contributed by atoms with Crippen LogP contribution in [0.15, 0.2) is 85.2 Å². The van der Waals surface area contributed by atoms with Gasteiger partial charge in [-0.3, -0.25) is 4.79 Å². The van der Waals surface area contributed by atoms with Gasteiger partial charge in [0.15, 0.2) is 0 Å². The van der Waals surface area contributed by atoms with Gasteiger partial charge in [0.1, 0.15) is 11.6 Å². The Morgan fingerprint density at radius 2 is 1.07 bits per heavy atom. The zero-order chi connectivity index (χ0) is 48.4. The first kappa shape index (κ1) is 53.7. The average molecular weight is 980 g/mol. The number of nitriles is 2. The molecule has 6 aromatic rings. The van der Waals surface area contributed by atoms with Gasteiger partial charge in [0, 0.05) is 43.0 Å². The number of carboxylic acids is 1. The maximum atomic E-state index is 13.5. The highest BCUT2D eigenvalue weighted by Gasteiger charge is 2.27. The molecule has 10 rings (SSSR count). The molecule has 6 heterocycles. The lowest BCUT2D eigenvalue weighted by Gasteiger charge is -2.32. The molecule has 4 aliphatic heterocycles. The van der Waals surface area contributed by atoms with Crippen molar-refractivity contribution in [1.29, 1.82) is 10.5 Å². The molecule has 1 amide bonds. The summed E-state index contributed by atoms with van der Waals surface area (Å²) < 4.78 is 11.4. The molecule has 4 aliphatic rings. The minimum absolute atomic E-state index is 0. The van der Waals surface area contributed by atoms with E-state index in [-0.39, 0.29) is 37.9 Å². The Bertz CT molecular complexity index is 2820. The van der Waals surface area contributed by atoms with Crippen molar-refractivity contribution in [3.63, 3.8) is 0 Å². The number of halogens is 1. The van der Waals surface area contributed by atoms with E-state index in [4.69, 9.17) is 20.0 Å². The molecule has 71 heavy (non-hydrogen) atoms. The average Bonchev–Trinajstić information content (AvgIpc) is 4.24. The summed E-state index contributed by atoms with van der Waals surface area (Å²) in [6, 6.07) is 27.8. The number of carboxylic acid groups (broad SMARTS) is 1. The van der Waals surface area contributed by atoms with Crippen LogP contribution in [0.25, 0.3) is 22.8 Å². The number of hydrogen-bond acceptors (Lipinski definition) is 9. The number of hydrogen-bond donors (Lipinski definition) is 4. The zero-order valence-corrected chi connectivity index (χ0v) is 41.3.